The standard InChI is InChI=1S/C25H21N3O2S2/c1-30-21-7-5-20(6-8-21)23-17-32-25(27-23)28-24(29)11-4-18-2-9-22(10-3-18)31-16-19-12-14-26-15-13-19/h2-15,17H,16H2,1H3,(H,27,28,29)/b11-4+. The summed E-state index contributed by atoms with van der Waals surface area (Å²) in [6, 6.07) is 19.8. The fraction of sp³-hybridized carbons (Fsp3) is 0.0800. The fourth-order valence-corrected chi connectivity index (χ4v) is 4.44. The first-order chi connectivity index (χ1) is 15.7. The van der Waals surface area contributed by atoms with E-state index in [1.54, 1.807) is 37.3 Å². The van der Waals surface area contributed by atoms with Crippen LogP contribution < -0.4 is 10.1 Å². The van der Waals surface area contributed by atoms with Gasteiger partial charge in [0.05, 0.1) is 12.8 Å². The predicted molar refractivity (Wildman–Crippen MR) is 132 cm³/mol. The van der Waals surface area contributed by atoms with Crippen LogP contribution in [0.4, 0.5) is 5.13 Å². The van der Waals surface area contributed by atoms with E-state index in [0.29, 0.717) is 5.13 Å². The molecule has 0 radical (unpaired) electrons. The quantitative estimate of drug-likeness (QED) is 0.253. The van der Waals surface area contributed by atoms with Crippen molar-refractivity contribution >= 4 is 40.2 Å². The molecule has 0 saturated heterocycles. The molecule has 0 aliphatic carbocycles. The number of amides is 1. The summed E-state index contributed by atoms with van der Waals surface area (Å²) in [6.07, 6.45) is 6.93. The SMILES string of the molecule is COc1ccc(-c2csc(NC(=O)/C=C/c3ccc(SCc4ccncc4)cc3)n2)cc1. The van der Waals surface area contributed by atoms with Crippen LogP contribution in [0.25, 0.3) is 17.3 Å². The zero-order valence-corrected chi connectivity index (χ0v) is 19.0. The number of benzene rings is 2. The highest BCUT2D eigenvalue weighted by Gasteiger charge is 2.07. The van der Waals surface area contributed by atoms with Gasteiger partial charge in [0.25, 0.3) is 0 Å². The van der Waals surface area contributed by atoms with E-state index in [1.807, 2.05) is 53.9 Å². The molecule has 4 aromatic rings. The number of carbonyl (C=O) groups is 1. The number of rotatable bonds is 8. The number of methoxy groups -OCH3 is 1. The molecule has 2 aromatic heterocycles. The van der Waals surface area contributed by atoms with Gasteiger partial charge in [0, 0.05) is 40.1 Å². The third-order valence-electron chi connectivity index (χ3n) is 4.58. The number of ether oxygens (including phenoxy) is 1. The molecule has 0 aliphatic rings. The second-order valence-corrected chi connectivity index (χ2v) is 8.71. The highest BCUT2D eigenvalue weighted by Crippen LogP contribution is 2.26. The molecule has 0 fully saturated rings. The number of hydrogen-bond donors (Lipinski definition) is 1. The Balaban J connectivity index is 1.30. The van der Waals surface area contributed by atoms with Crippen molar-refractivity contribution in [3.63, 3.8) is 0 Å². The Morgan fingerprint density at radius 1 is 1.06 bits per heavy atom. The molecule has 0 bridgehead atoms. The largest absolute Gasteiger partial charge is 0.497 e. The molecule has 0 aliphatic heterocycles. The van der Waals surface area contributed by atoms with E-state index >= 15 is 0 Å². The maximum Gasteiger partial charge on any atom is 0.250 e. The highest BCUT2D eigenvalue weighted by atomic mass is 32.2. The summed E-state index contributed by atoms with van der Waals surface area (Å²) < 4.78 is 5.18. The molecule has 0 atom stereocenters. The second kappa shape index (κ2) is 10.7. The smallest absolute Gasteiger partial charge is 0.250 e. The van der Waals surface area contributed by atoms with Gasteiger partial charge in [-0.1, -0.05) is 12.1 Å². The van der Waals surface area contributed by atoms with E-state index in [-0.39, 0.29) is 5.91 Å². The third kappa shape index (κ3) is 6.06. The average Bonchev–Trinajstić information content (AvgIpc) is 3.31. The molecule has 32 heavy (non-hydrogen) atoms. The molecule has 7 heteroatoms. The number of carbonyl (C=O) groups excluding carboxylic acids is 1. The van der Waals surface area contributed by atoms with Gasteiger partial charge in [0.1, 0.15) is 5.75 Å². The van der Waals surface area contributed by atoms with Crippen LogP contribution in [0.5, 0.6) is 5.75 Å². The molecule has 2 heterocycles. The minimum Gasteiger partial charge on any atom is -0.497 e. The van der Waals surface area contributed by atoms with Gasteiger partial charge in [-0.05, 0) is 65.7 Å². The maximum atomic E-state index is 12.3. The molecule has 0 saturated carbocycles. The van der Waals surface area contributed by atoms with Crippen LogP contribution in [0.1, 0.15) is 11.1 Å². The topological polar surface area (TPSA) is 64.1 Å². The molecule has 2 aromatic carbocycles. The first kappa shape index (κ1) is 21.8. The van der Waals surface area contributed by atoms with Gasteiger partial charge in [0.15, 0.2) is 5.13 Å². The Hall–Kier alpha value is -3.42. The van der Waals surface area contributed by atoms with Crippen LogP contribution in [-0.4, -0.2) is 23.0 Å². The van der Waals surface area contributed by atoms with E-state index in [9.17, 15) is 4.79 Å². The lowest BCUT2D eigenvalue weighted by Crippen LogP contribution is -2.07. The zero-order chi connectivity index (χ0) is 22.2. The van der Waals surface area contributed by atoms with Crippen LogP contribution in [0.15, 0.2) is 89.4 Å². The number of anilines is 1. The van der Waals surface area contributed by atoms with Gasteiger partial charge >= 0.3 is 0 Å². The fourth-order valence-electron chi connectivity index (χ4n) is 2.87. The summed E-state index contributed by atoms with van der Waals surface area (Å²) in [5.41, 5.74) is 3.99. The number of hydrogen-bond acceptors (Lipinski definition) is 6. The number of thiazole rings is 1. The van der Waals surface area contributed by atoms with Gasteiger partial charge in [-0.3, -0.25) is 15.1 Å². The summed E-state index contributed by atoms with van der Waals surface area (Å²) in [5.74, 6) is 1.48. The monoisotopic (exact) mass is 459 g/mol. The van der Waals surface area contributed by atoms with Crippen molar-refractivity contribution in [2.45, 2.75) is 10.6 Å². The van der Waals surface area contributed by atoms with E-state index in [2.05, 4.69) is 27.4 Å². The molecule has 5 nitrogen and oxygen atoms in total. The maximum absolute atomic E-state index is 12.3. The first-order valence-corrected chi connectivity index (χ1v) is 11.8. The van der Waals surface area contributed by atoms with Crippen molar-refractivity contribution in [3.05, 3.63) is 95.6 Å². The van der Waals surface area contributed by atoms with E-state index in [4.69, 9.17) is 4.74 Å². The number of thioether (sulfide) groups is 1. The minimum absolute atomic E-state index is 0.211. The lowest BCUT2D eigenvalue weighted by molar-refractivity contribution is -0.111. The number of pyridine rings is 1. The second-order valence-electron chi connectivity index (χ2n) is 6.80. The lowest BCUT2D eigenvalue weighted by atomic mass is 10.2. The van der Waals surface area contributed by atoms with Crippen molar-refractivity contribution in [2.75, 3.05) is 12.4 Å². The molecule has 1 amide bonds. The number of nitrogens with zero attached hydrogens (tertiary/aromatic N) is 2. The molecule has 4 rings (SSSR count). The summed E-state index contributed by atoms with van der Waals surface area (Å²) in [4.78, 5) is 22.0. The molecule has 0 spiro atoms. The van der Waals surface area contributed by atoms with Crippen molar-refractivity contribution in [2.24, 2.45) is 0 Å². The van der Waals surface area contributed by atoms with Crippen LogP contribution in [0, 0.1) is 0 Å². The number of nitrogens with one attached hydrogen (secondary N) is 1. The van der Waals surface area contributed by atoms with E-state index in [1.165, 1.54) is 27.9 Å². The van der Waals surface area contributed by atoms with Crippen LogP contribution in [0.2, 0.25) is 0 Å². The van der Waals surface area contributed by atoms with Crippen molar-refractivity contribution in [1.29, 1.82) is 0 Å². The molecule has 160 valence electrons. The summed E-state index contributed by atoms with van der Waals surface area (Å²) in [5, 5.41) is 5.31. The molecule has 1 N–H and O–H groups in total. The predicted octanol–water partition coefficient (Wildman–Crippen LogP) is 6.16. The molecular weight excluding hydrogens is 438 g/mol. The van der Waals surface area contributed by atoms with Crippen molar-refractivity contribution in [3.8, 4) is 17.0 Å². The van der Waals surface area contributed by atoms with E-state index in [0.717, 1.165) is 28.3 Å². The lowest BCUT2D eigenvalue weighted by Gasteiger charge is -2.02. The molecular formula is C25H21N3O2S2. The Morgan fingerprint density at radius 2 is 1.81 bits per heavy atom. The van der Waals surface area contributed by atoms with Gasteiger partial charge in [-0.25, -0.2) is 4.98 Å². The zero-order valence-electron chi connectivity index (χ0n) is 17.4. The van der Waals surface area contributed by atoms with Gasteiger partial charge in [-0.15, -0.1) is 23.1 Å². The van der Waals surface area contributed by atoms with Crippen molar-refractivity contribution in [1.82, 2.24) is 9.97 Å². The Labute approximate surface area is 195 Å². The molecule has 0 unspecified atom stereocenters. The van der Waals surface area contributed by atoms with Crippen LogP contribution in [0.3, 0.4) is 0 Å². The normalized spacial score (nSPS) is 10.9. The van der Waals surface area contributed by atoms with Gasteiger partial charge in [0.2, 0.25) is 5.91 Å². The van der Waals surface area contributed by atoms with Crippen molar-refractivity contribution < 1.29 is 9.53 Å². The summed E-state index contributed by atoms with van der Waals surface area (Å²) in [6.45, 7) is 0. The third-order valence-corrected chi connectivity index (χ3v) is 6.42. The van der Waals surface area contributed by atoms with Gasteiger partial charge in [-0.2, -0.15) is 0 Å². The minimum atomic E-state index is -0.211. The Morgan fingerprint density at radius 3 is 2.53 bits per heavy atom. The summed E-state index contributed by atoms with van der Waals surface area (Å²) in [7, 11) is 1.64. The summed E-state index contributed by atoms with van der Waals surface area (Å²) >= 11 is 3.16. The first-order valence-electron chi connectivity index (χ1n) is 9.90. The highest BCUT2D eigenvalue weighted by molar-refractivity contribution is 7.98. The van der Waals surface area contributed by atoms with Crippen LogP contribution in [-0.2, 0) is 10.5 Å². The van der Waals surface area contributed by atoms with E-state index < -0.39 is 0 Å². The average molecular weight is 460 g/mol. The Kier molecular flexibility index (Phi) is 7.32. The van der Waals surface area contributed by atoms with Crippen LogP contribution >= 0.6 is 23.1 Å². The number of aromatic nitrogens is 2. The van der Waals surface area contributed by atoms with Gasteiger partial charge < -0.3 is 4.74 Å². The Bertz CT molecular complexity index is 1190.